The minimum atomic E-state index is -0.388. The molecule has 1 saturated heterocycles. The fourth-order valence-corrected chi connectivity index (χ4v) is 4.63. The molecule has 150 valence electrons. The van der Waals surface area contributed by atoms with Gasteiger partial charge in [0, 0.05) is 13.1 Å². The first-order valence-electron chi connectivity index (χ1n) is 9.71. The van der Waals surface area contributed by atoms with Gasteiger partial charge in [-0.3, -0.25) is 9.36 Å². The van der Waals surface area contributed by atoms with Crippen molar-refractivity contribution in [3.63, 3.8) is 0 Å². The summed E-state index contributed by atoms with van der Waals surface area (Å²) in [6.07, 6.45) is 0. The van der Waals surface area contributed by atoms with Gasteiger partial charge in [0.2, 0.25) is 5.91 Å². The average molecular weight is 409 g/mol. The summed E-state index contributed by atoms with van der Waals surface area (Å²) in [5.41, 5.74) is 3.13. The zero-order valence-electron chi connectivity index (χ0n) is 16.6. The van der Waals surface area contributed by atoms with Crippen LogP contribution in [0.5, 0.6) is 0 Å². The first kappa shape index (κ1) is 19.7. The van der Waals surface area contributed by atoms with E-state index in [-0.39, 0.29) is 11.2 Å². The van der Waals surface area contributed by atoms with Crippen molar-refractivity contribution in [1.29, 1.82) is 0 Å². The van der Waals surface area contributed by atoms with Crippen LogP contribution in [0.25, 0.3) is 5.69 Å². The second-order valence-electron chi connectivity index (χ2n) is 7.00. The molecule has 3 aromatic rings. The second kappa shape index (κ2) is 8.80. The lowest BCUT2D eigenvalue weighted by Gasteiger charge is -2.30. The third-order valence-corrected chi connectivity index (χ3v) is 6.21. The van der Waals surface area contributed by atoms with Crippen LogP contribution in [0.15, 0.2) is 59.8 Å². The van der Waals surface area contributed by atoms with Crippen molar-refractivity contribution < 1.29 is 9.53 Å². The van der Waals surface area contributed by atoms with Gasteiger partial charge in [-0.2, -0.15) is 0 Å². The number of hydrogen-bond donors (Lipinski definition) is 0. The van der Waals surface area contributed by atoms with Crippen LogP contribution in [0.2, 0.25) is 0 Å². The number of hydrogen-bond acceptors (Lipinski definition) is 5. The number of morpholine rings is 1. The Morgan fingerprint density at radius 2 is 1.69 bits per heavy atom. The number of ether oxygens (including phenoxy) is 1. The van der Waals surface area contributed by atoms with Crippen molar-refractivity contribution in [2.75, 3.05) is 26.3 Å². The molecule has 0 spiro atoms. The van der Waals surface area contributed by atoms with E-state index in [0.717, 1.165) is 22.6 Å². The molecule has 2 aromatic carbocycles. The summed E-state index contributed by atoms with van der Waals surface area (Å²) >= 11 is 1.45. The Balaban J connectivity index is 1.71. The standard InChI is InChI=1S/C22H24N4O2S/c1-16-8-6-7-11-19(16)26-17(2)23-24-22(26)29-20(18-9-4-3-5-10-18)21(27)25-12-14-28-15-13-25/h3-11,20H,12-15H2,1-2H3/t20-/m0/s1. The molecule has 1 aromatic heterocycles. The quantitative estimate of drug-likeness (QED) is 0.604. The molecule has 2 heterocycles. The lowest BCUT2D eigenvalue weighted by molar-refractivity contribution is -0.134. The van der Waals surface area contributed by atoms with Crippen LogP contribution < -0.4 is 0 Å². The van der Waals surface area contributed by atoms with Crippen LogP contribution in [0.4, 0.5) is 0 Å². The molecule has 0 N–H and O–H groups in total. The van der Waals surface area contributed by atoms with Gasteiger partial charge in [0.05, 0.1) is 18.9 Å². The smallest absolute Gasteiger partial charge is 0.240 e. The highest BCUT2D eigenvalue weighted by Gasteiger charge is 2.30. The number of amides is 1. The van der Waals surface area contributed by atoms with E-state index < -0.39 is 0 Å². The van der Waals surface area contributed by atoms with Gasteiger partial charge in [0.1, 0.15) is 11.1 Å². The predicted molar refractivity (Wildman–Crippen MR) is 113 cm³/mol. The number of aryl methyl sites for hydroxylation is 2. The molecule has 1 aliphatic heterocycles. The van der Waals surface area contributed by atoms with Crippen molar-refractivity contribution in [2.24, 2.45) is 0 Å². The summed E-state index contributed by atoms with van der Waals surface area (Å²) in [5, 5.41) is 9.03. The Hall–Kier alpha value is -2.64. The van der Waals surface area contributed by atoms with Crippen molar-refractivity contribution in [1.82, 2.24) is 19.7 Å². The Morgan fingerprint density at radius 1 is 1.00 bits per heavy atom. The molecule has 0 radical (unpaired) electrons. The van der Waals surface area contributed by atoms with Crippen LogP contribution in [0, 0.1) is 13.8 Å². The minimum Gasteiger partial charge on any atom is -0.378 e. The lowest BCUT2D eigenvalue weighted by atomic mass is 10.1. The molecule has 0 unspecified atom stereocenters. The summed E-state index contributed by atoms with van der Waals surface area (Å²) in [6.45, 7) is 6.40. The van der Waals surface area contributed by atoms with Gasteiger partial charge in [-0.15, -0.1) is 10.2 Å². The van der Waals surface area contributed by atoms with E-state index in [1.165, 1.54) is 11.8 Å². The van der Waals surface area contributed by atoms with Crippen LogP contribution in [0.3, 0.4) is 0 Å². The van der Waals surface area contributed by atoms with E-state index in [9.17, 15) is 4.79 Å². The Bertz CT molecular complexity index is 983. The van der Waals surface area contributed by atoms with Crippen LogP contribution >= 0.6 is 11.8 Å². The fraction of sp³-hybridized carbons (Fsp3) is 0.318. The number of benzene rings is 2. The molecular weight excluding hydrogens is 384 g/mol. The maximum atomic E-state index is 13.4. The van der Waals surface area contributed by atoms with Crippen LogP contribution in [-0.4, -0.2) is 51.9 Å². The lowest BCUT2D eigenvalue weighted by Crippen LogP contribution is -2.42. The second-order valence-corrected chi connectivity index (χ2v) is 8.07. The minimum absolute atomic E-state index is 0.0847. The summed E-state index contributed by atoms with van der Waals surface area (Å²) in [6, 6.07) is 18.0. The molecule has 1 fully saturated rings. The number of aromatic nitrogens is 3. The number of thioether (sulfide) groups is 1. The SMILES string of the molecule is Cc1ccccc1-n1c(C)nnc1S[C@H](C(=O)N1CCOCC1)c1ccccc1. The third kappa shape index (κ3) is 4.21. The number of para-hydroxylation sites is 1. The van der Waals surface area contributed by atoms with Crippen molar-refractivity contribution >= 4 is 17.7 Å². The van der Waals surface area contributed by atoms with E-state index in [4.69, 9.17) is 4.74 Å². The Labute approximate surface area is 174 Å². The maximum absolute atomic E-state index is 13.4. The van der Waals surface area contributed by atoms with Crippen molar-refractivity contribution in [3.05, 3.63) is 71.5 Å². The molecule has 0 saturated carbocycles. The first-order valence-corrected chi connectivity index (χ1v) is 10.6. The van der Waals surface area contributed by atoms with Crippen LogP contribution in [-0.2, 0) is 9.53 Å². The van der Waals surface area contributed by atoms with Crippen molar-refractivity contribution in [3.8, 4) is 5.69 Å². The van der Waals surface area contributed by atoms with Gasteiger partial charge in [0.25, 0.3) is 0 Å². The largest absolute Gasteiger partial charge is 0.378 e. The number of nitrogens with zero attached hydrogens (tertiary/aromatic N) is 4. The molecule has 4 rings (SSSR count). The molecule has 6 nitrogen and oxygen atoms in total. The highest BCUT2D eigenvalue weighted by molar-refractivity contribution is 8.00. The van der Waals surface area contributed by atoms with Crippen LogP contribution in [0.1, 0.15) is 22.2 Å². The van der Waals surface area contributed by atoms with Crippen molar-refractivity contribution in [2.45, 2.75) is 24.3 Å². The molecule has 0 bridgehead atoms. The normalized spacial score (nSPS) is 15.3. The van der Waals surface area contributed by atoms with E-state index in [1.54, 1.807) is 0 Å². The van der Waals surface area contributed by atoms with Gasteiger partial charge in [-0.05, 0) is 31.0 Å². The topological polar surface area (TPSA) is 60.2 Å². The zero-order valence-corrected chi connectivity index (χ0v) is 17.4. The molecular formula is C22H24N4O2S. The molecule has 0 aliphatic carbocycles. The molecule has 1 atom stereocenters. The summed E-state index contributed by atoms with van der Waals surface area (Å²) in [4.78, 5) is 15.3. The summed E-state index contributed by atoms with van der Waals surface area (Å²) in [5.74, 6) is 0.883. The zero-order chi connectivity index (χ0) is 20.2. The van der Waals surface area contributed by atoms with E-state index in [2.05, 4.69) is 29.3 Å². The average Bonchev–Trinajstić information content (AvgIpc) is 3.13. The first-order chi connectivity index (χ1) is 14.1. The van der Waals surface area contributed by atoms with E-state index >= 15 is 0 Å². The fourth-order valence-electron chi connectivity index (χ4n) is 3.45. The Morgan fingerprint density at radius 3 is 2.41 bits per heavy atom. The molecule has 1 amide bonds. The highest BCUT2D eigenvalue weighted by Crippen LogP contribution is 2.37. The maximum Gasteiger partial charge on any atom is 0.240 e. The Kier molecular flexibility index (Phi) is 5.97. The van der Waals surface area contributed by atoms with Gasteiger partial charge in [-0.1, -0.05) is 60.3 Å². The van der Waals surface area contributed by atoms with Gasteiger partial charge < -0.3 is 9.64 Å². The third-order valence-electron chi connectivity index (χ3n) is 5.02. The summed E-state index contributed by atoms with van der Waals surface area (Å²) in [7, 11) is 0. The summed E-state index contributed by atoms with van der Waals surface area (Å²) < 4.78 is 7.45. The van der Waals surface area contributed by atoms with Gasteiger partial charge in [-0.25, -0.2) is 0 Å². The van der Waals surface area contributed by atoms with Gasteiger partial charge >= 0.3 is 0 Å². The number of carbonyl (C=O) groups excluding carboxylic acids is 1. The number of rotatable bonds is 5. The molecule has 1 aliphatic rings. The van der Waals surface area contributed by atoms with Gasteiger partial charge in [0.15, 0.2) is 5.16 Å². The monoisotopic (exact) mass is 408 g/mol. The molecule has 7 heteroatoms. The van der Waals surface area contributed by atoms with E-state index in [0.29, 0.717) is 31.5 Å². The van der Waals surface area contributed by atoms with E-state index in [1.807, 2.05) is 58.9 Å². The molecule has 29 heavy (non-hydrogen) atoms. The predicted octanol–water partition coefficient (Wildman–Crippen LogP) is 3.58. The highest BCUT2D eigenvalue weighted by atomic mass is 32.2. The number of carbonyl (C=O) groups is 1.